The van der Waals surface area contributed by atoms with Crippen molar-refractivity contribution in [1.29, 1.82) is 0 Å². The molecule has 0 spiro atoms. The molecule has 0 aliphatic carbocycles. The van der Waals surface area contributed by atoms with Crippen LogP contribution in [-0.2, 0) is 10.4 Å². The fourth-order valence-corrected chi connectivity index (χ4v) is 0. The van der Waals surface area contributed by atoms with Crippen molar-refractivity contribution < 1.29 is 52.2 Å². The van der Waals surface area contributed by atoms with Crippen LogP contribution >= 0.6 is 0 Å². The smallest absolute Gasteiger partial charge is 0.399 e. The summed E-state index contributed by atoms with van der Waals surface area (Å²) in [6.45, 7) is 3.56. The molecule has 0 bridgehead atoms. The van der Waals surface area contributed by atoms with Crippen LogP contribution < -0.4 is 29.6 Å². The fraction of sp³-hybridized carbons (Fsp3) is 0.667. The Bertz CT molecular complexity index is 120. The first kappa shape index (κ1) is 17.1. The van der Waals surface area contributed by atoms with Gasteiger partial charge in [0.15, 0.2) is 0 Å². The number of hydrogen-bond acceptors (Lipinski definition) is 3. The third kappa shape index (κ3) is 162. The Morgan fingerprint density at radius 1 is 1.30 bits per heavy atom. The van der Waals surface area contributed by atoms with Crippen molar-refractivity contribution in [2.24, 2.45) is 0 Å². The van der Waals surface area contributed by atoms with Gasteiger partial charge in [-0.1, -0.05) is 0 Å². The van der Waals surface area contributed by atoms with Gasteiger partial charge in [0.25, 0.3) is 0 Å². The summed E-state index contributed by atoms with van der Waals surface area (Å²) in [5, 5.41) is 7.81. The summed E-state index contributed by atoms with van der Waals surface area (Å²) in [4.78, 5) is 0. The molecule has 0 heterocycles. The zero-order valence-electron chi connectivity index (χ0n) is 5.69. The molecule has 5 nitrogen and oxygen atoms in total. The minimum atomic E-state index is -4.67. The Labute approximate surface area is 82.3 Å². The number of hydrogen-bond donors (Lipinski definition) is 3. The molecule has 0 unspecified atom stereocenters. The summed E-state index contributed by atoms with van der Waals surface area (Å²) in [7, 11) is -4.67. The van der Waals surface area contributed by atoms with Crippen LogP contribution in [0.5, 0.6) is 0 Å². The van der Waals surface area contributed by atoms with E-state index in [1.807, 2.05) is 0 Å². The average Bonchev–Trinajstić information content (AvgIpc) is 1.61. The van der Waals surface area contributed by atoms with Gasteiger partial charge < -0.3 is 12.0 Å². The Hall–Kier alpha value is 0.830. The van der Waals surface area contributed by atoms with E-state index in [9.17, 15) is 0 Å². The largest absolute Gasteiger partial charge is 1.00 e. The van der Waals surface area contributed by atoms with Gasteiger partial charge in [-0.25, -0.2) is 0 Å². The second-order valence-corrected chi connectivity index (χ2v) is 1.92. The van der Waals surface area contributed by atoms with E-state index in [1.165, 1.54) is 0 Å². The van der Waals surface area contributed by atoms with Crippen molar-refractivity contribution in [3.05, 3.63) is 6.92 Å². The monoisotopic (exact) mass is 180 g/mol. The summed E-state index contributed by atoms with van der Waals surface area (Å²) < 4.78 is 31.6. The average molecular weight is 180 g/mol. The van der Waals surface area contributed by atoms with E-state index < -0.39 is 10.4 Å². The molecule has 0 amide bonds. The van der Waals surface area contributed by atoms with Crippen LogP contribution in [0.25, 0.3) is 0 Å². The summed E-state index contributed by atoms with van der Waals surface area (Å²) >= 11 is 0. The van der Waals surface area contributed by atoms with Gasteiger partial charge >= 0.3 is 40.0 Å². The maximum atomic E-state index is 8.74. The minimum Gasteiger partial charge on any atom is -0.399 e. The van der Waals surface area contributed by atoms with Crippen LogP contribution in [0.2, 0.25) is 0 Å². The fourth-order valence-electron chi connectivity index (χ4n) is 0. The van der Waals surface area contributed by atoms with Crippen LogP contribution in [0.15, 0.2) is 0 Å². The van der Waals surface area contributed by atoms with Gasteiger partial charge in [0, 0.05) is 6.61 Å². The number of aliphatic hydroxyl groups excluding tert-OH is 1. The van der Waals surface area contributed by atoms with Crippen molar-refractivity contribution in [3.8, 4) is 0 Å². The summed E-state index contributed by atoms with van der Waals surface area (Å²) in [6.07, 6.45) is 0.625. The predicted molar refractivity (Wildman–Crippen MR) is 31.2 cm³/mol. The van der Waals surface area contributed by atoms with Gasteiger partial charge in [0.05, 0.1) is 0 Å². The van der Waals surface area contributed by atoms with Crippen molar-refractivity contribution >= 4 is 10.4 Å². The predicted octanol–water partition coefficient (Wildman–Crippen LogP) is -3.45. The topological polar surface area (TPSA) is 94.8 Å². The summed E-state index contributed by atoms with van der Waals surface area (Å²) in [5.41, 5.74) is 0. The molecule has 3 N–H and O–H groups in total. The Morgan fingerprint density at radius 2 is 1.40 bits per heavy atom. The van der Waals surface area contributed by atoms with E-state index in [0.29, 0.717) is 6.42 Å². The van der Waals surface area contributed by atoms with E-state index >= 15 is 0 Å². The molecule has 7 heteroatoms. The van der Waals surface area contributed by atoms with Crippen LogP contribution in [0.4, 0.5) is 0 Å². The van der Waals surface area contributed by atoms with E-state index in [0.717, 1.165) is 0 Å². The molecular formula is C3H9NaO5S. The molecule has 0 aromatic rings. The Balaban J connectivity index is -0.0000000910. The second kappa shape index (κ2) is 9.83. The molecule has 0 atom stereocenters. The molecule has 0 radical (unpaired) electrons. The third-order valence-corrected chi connectivity index (χ3v) is 0.158. The summed E-state index contributed by atoms with van der Waals surface area (Å²) in [5.74, 6) is 0. The van der Waals surface area contributed by atoms with Gasteiger partial charge in [-0.3, -0.25) is 9.11 Å². The van der Waals surface area contributed by atoms with Gasteiger partial charge in [0.2, 0.25) is 0 Å². The SMILES string of the molecule is O=S(=O)(O)O.[CH2-]CCO.[Na+]. The molecule has 0 aliphatic heterocycles. The molecule has 0 saturated heterocycles. The molecule has 58 valence electrons. The van der Waals surface area contributed by atoms with Gasteiger partial charge in [0.1, 0.15) is 0 Å². The normalized spacial score (nSPS) is 8.80. The van der Waals surface area contributed by atoms with Crippen molar-refractivity contribution in [3.63, 3.8) is 0 Å². The van der Waals surface area contributed by atoms with Gasteiger partial charge in [-0.05, 0) is 0 Å². The second-order valence-electron chi connectivity index (χ2n) is 1.02. The van der Waals surface area contributed by atoms with Gasteiger partial charge in [-0.2, -0.15) is 14.8 Å². The van der Waals surface area contributed by atoms with Crippen molar-refractivity contribution in [2.75, 3.05) is 6.61 Å². The van der Waals surface area contributed by atoms with Gasteiger partial charge in [-0.15, -0.1) is 0 Å². The van der Waals surface area contributed by atoms with Crippen molar-refractivity contribution in [2.45, 2.75) is 6.42 Å². The molecule has 0 aromatic carbocycles. The zero-order chi connectivity index (χ0) is 7.91. The van der Waals surface area contributed by atoms with Crippen LogP contribution in [0.1, 0.15) is 6.42 Å². The van der Waals surface area contributed by atoms with E-state index in [-0.39, 0.29) is 36.2 Å². The maximum Gasteiger partial charge on any atom is 1.00 e. The third-order valence-electron chi connectivity index (χ3n) is 0.158. The molecule has 0 aliphatic rings. The molecular weight excluding hydrogens is 171 g/mol. The minimum absolute atomic E-state index is 0. The molecule has 0 saturated carbocycles. The molecule has 0 fully saturated rings. The molecule has 0 rings (SSSR count). The van der Waals surface area contributed by atoms with Crippen LogP contribution in [0, 0.1) is 6.92 Å². The molecule has 0 aromatic heterocycles. The van der Waals surface area contributed by atoms with Crippen molar-refractivity contribution in [1.82, 2.24) is 0 Å². The summed E-state index contributed by atoms with van der Waals surface area (Å²) in [6, 6.07) is 0. The maximum absolute atomic E-state index is 8.74. The van der Waals surface area contributed by atoms with E-state index in [2.05, 4.69) is 6.92 Å². The first-order valence-electron chi connectivity index (χ1n) is 2.01. The van der Waals surface area contributed by atoms with Crippen LogP contribution in [-0.4, -0.2) is 29.2 Å². The first-order valence-corrected chi connectivity index (χ1v) is 3.41. The molecule has 10 heavy (non-hydrogen) atoms. The standard InChI is InChI=1S/C3H7O.Na.H2O4S/c1-2-3-4;;1-5(2,3)4/h4H,1-3H2;;(H2,1,2,3,4)/q-1;+1;. The number of rotatable bonds is 1. The number of aliphatic hydroxyl groups is 1. The van der Waals surface area contributed by atoms with E-state index in [1.54, 1.807) is 0 Å². The zero-order valence-corrected chi connectivity index (χ0v) is 8.50. The quantitative estimate of drug-likeness (QED) is 0.222. The van der Waals surface area contributed by atoms with E-state index in [4.69, 9.17) is 22.6 Å². The Kier molecular flexibility index (Phi) is 16.8. The first-order chi connectivity index (χ1) is 3.91. The van der Waals surface area contributed by atoms with Crippen LogP contribution in [0.3, 0.4) is 0 Å². The Morgan fingerprint density at radius 3 is 1.40 bits per heavy atom.